The Bertz CT molecular complexity index is 1230. The van der Waals surface area contributed by atoms with Crippen molar-refractivity contribution < 1.29 is 4.74 Å². The number of hydrogen-bond donors (Lipinski definition) is 0. The van der Waals surface area contributed by atoms with Crippen molar-refractivity contribution in [2.45, 2.75) is 40.0 Å². The molecule has 2 nitrogen and oxygen atoms in total. The molecule has 5 heteroatoms. The van der Waals surface area contributed by atoms with Crippen LogP contribution in [-0.4, -0.2) is 13.2 Å². The standard InChI is InChI=1S/C30H32Cl3NO/c1-7-29(30(5,6)23-11-14-25(31)26(32)19-23)34(24-12-8-21(4)9-13-24)16-17-35-28-15-10-22(20(2)3)18-27(28)33/h7-15,18-19H,2,16-17H2,1,3-6H3/b29-7-. The molecule has 3 aromatic carbocycles. The van der Waals surface area contributed by atoms with Gasteiger partial charge in [0.2, 0.25) is 0 Å². The molecular formula is C30H32Cl3NO. The summed E-state index contributed by atoms with van der Waals surface area (Å²) in [5.41, 5.74) is 6.14. The zero-order chi connectivity index (χ0) is 25.8. The van der Waals surface area contributed by atoms with Gasteiger partial charge in [-0.15, -0.1) is 0 Å². The summed E-state index contributed by atoms with van der Waals surface area (Å²) < 4.78 is 6.13. The fourth-order valence-corrected chi connectivity index (χ4v) is 4.66. The van der Waals surface area contributed by atoms with Crippen molar-refractivity contribution in [2.75, 3.05) is 18.1 Å². The molecule has 0 bridgehead atoms. The van der Waals surface area contributed by atoms with E-state index in [1.807, 2.05) is 43.3 Å². The molecule has 0 spiro atoms. The van der Waals surface area contributed by atoms with E-state index in [4.69, 9.17) is 39.5 Å². The maximum Gasteiger partial charge on any atom is 0.138 e. The maximum atomic E-state index is 6.48. The molecule has 0 N–H and O–H groups in total. The minimum atomic E-state index is -0.339. The van der Waals surface area contributed by atoms with Crippen LogP contribution in [0.2, 0.25) is 15.1 Å². The van der Waals surface area contributed by atoms with E-state index in [2.05, 4.69) is 69.5 Å². The van der Waals surface area contributed by atoms with Crippen LogP contribution in [0.25, 0.3) is 5.57 Å². The monoisotopic (exact) mass is 527 g/mol. The first-order chi connectivity index (χ1) is 16.5. The summed E-state index contributed by atoms with van der Waals surface area (Å²) in [6.45, 7) is 15.6. The quantitative estimate of drug-likeness (QED) is 0.274. The van der Waals surface area contributed by atoms with Gasteiger partial charge in [0.15, 0.2) is 0 Å². The molecule has 0 heterocycles. The molecule has 0 radical (unpaired) electrons. The summed E-state index contributed by atoms with van der Waals surface area (Å²) in [7, 11) is 0. The summed E-state index contributed by atoms with van der Waals surface area (Å²) in [5, 5.41) is 1.67. The second-order valence-electron chi connectivity index (χ2n) is 9.19. The normalized spacial score (nSPS) is 11.9. The van der Waals surface area contributed by atoms with Crippen LogP contribution in [0.5, 0.6) is 5.75 Å². The van der Waals surface area contributed by atoms with Gasteiger partial charge in [0.1, 0.15) is 12.4 Å². The van der Waals surface area contributed by atoms with Crippen molar-refractivity contribution >= 4 is 46.1 Å². The smallest absolute Gasteiger partial charge is 0.138 e. The van der Waals surface area contributed by atoms with Crippen molar-refractivity contribution in [3.8, 4) is 5.75 Å². The topological polar surface area (TPSA) is 12.5 Å². The predicted molar refractivity (Wildman–Crippen MR) is 153 cm³/mol. The lowest BCUT2D eigenvalue weighted by molar-refractivity contribution is 0.324. The Hall–Kier alpha value is -2.39. The van der Waals surface area contributed by atoms with E-state index in [1.165, 1.54) is 5.56 Å². The number of benzene rings is 3. The molecule has 0 aliphatic rings. The molecule has 0 unspecified atom stereocenters. The number of ether oxygens (including phenoxy) is 1. The van der Waals surface area contributed by atoms with Gasteiger partial charge in [0, 0.05) is 16.8 Å². The van der Waals surface area contributed by atoms with Crippen molar-refractivity contribution in [3.63, 3.8) is 0 Å². The van der Waals surface area contributed by atoms with Crippen LogP contribution in [0.1, 0.15) is 44.4 Å². The van der Waals surface area contributed by atoms with E-state index in [0.29, 0.717) is 34.0 Å². The molecule has 3 aromatic rings. The second kappa shape index (κ2) is 11.6. The number of allylic oxidation sites excluding steroid dienone is 3. The van der Waals surface area contributed by atoms with E-state index < -0.39 is 0 Å². The Balaban J connectivity index is 1.91. The Morgan fingerprint density at radius 3 is 2.20 bits per heavy atom. The van der Waals surface area contributed by atoms with E-state index in [9.17, 15) is 0 Å². The number of hydrogen-bond acceptors (Lipinski definition) is 2. The third kappa shape index (κ3) is 6.44. The van der Waals surface area contributed by atoms with Crippen LogP contribution in [0.4, 0.5) is 5.69 Å². The lowest BCUT2D eigenvalue weighted by Crippen LogP contribution is -2.37. The van der Waals surface area contributed by atoms with Gasteiger partial charge in [-0.25, -0.2) is 0 Å². The van der Waals surface area contributed by atoms with Gasteiger partial charge >= 0.3 is 0 Å². The Kier molecular flexibility index (Phi) is 8.99. The molecule has 0 saturated heterocycles. The first-order valence-electron chi connectivity index (χ1n) is 11.6. The number of nitrogens with zero attached hydrogens (tertiary/aromatic N) is 1. The highest BCUT2D eigenvalue weighted by Gasteiger charge is 2.30. The van der Waals surface area contributed by atoms with Crippen molar-refractivity contribution in [1.29, 1.82) is 0 Å². The molecular weight excluding hydrogens is 497 g/mol. The Morgan fingerprint density at radius 1 is 0.943 bits per heavy atom. The van der Waals surface area contributed by atoms with E-state index in [0.717, 1.165) is 28.1 Å². The Morgan fingerprint density at radius 2 is 1.63 bits per heavy atom. The highest BCUT2D eigenvalue weighted by Crippen LogP contribution is 2.38. The molecule has 0 aliphatic heterocycles. The number of rotatable bonds is 9. The van der Waals surface area contributed by atoms with Crippen LogP contribution in [0.3, 0.4) is 0 Å². The van der Waals surface area contributed by atoms with Gasteiger partial charge in [-0.05, 0) is 68.3 Å². The van der Waals surface area contributed by atoms with Crippen LogP contribution in [0, 0.1) is 6.92 Å². The minimum Gasteiger partial charge on any atom is -0.490 e. The van der Waals surface area contributed by atoms with Crippen LogP contribution < -0.4 is 9.64 Å². The van der Waals surface area contributed by atoms with Crippen LogP contribution >= 0.6 is 34.8 Å². The maximum absolute atomic E-state index is 6.48. The van der Waals surface area contributed by atoms with E-state index >= 15 is 0 Å². The van der Waals surface area contributed by atoms with Crippen molar-refractivity contribution in [3.05, 3.63) is 111 Å². The summed E-state index contributed by atoms with van der Waals surface area (Å²) in [6.07, 6.45) is 2.15. The molecule has 0 fully saturated rings. The van der Waals surface area contributed by atoms with E-state index in [-0.39, 0.29) is 5.41 Å². The molecule has 0 saturated carbocycles. The zero-order valence-corrected chi connectivity index (χ0v) is 23.2. The lowest BCUT2D eigenvalue weighted by atomic mass is 9.80. The van der Waals surface area contributed by atoms with Gasteiger partial charge < -0.3 is 9.64 Å². The van der Waals surface area contributed by atoms with Gasteiger partial charge in [-0.3, -0.25) is 0 Å². The Labute approximate surface area is 224 Å². The lowest BCUT2D eigenvalue weighted by Gasteiger charge is -2.38. The average molecular weight is 529 g/mol. The van der Waals surface area contributed by atoms with Crippen LogP contribution in [-0.2, 0) is 5.41 Å². The fourth-order valence-electron chi connectivity index (χ4n) is 4.13. The SMILES string of the molecule is C=C(C)c1ccc(OCCN(/C(=C\C)C(C)(C)c2ccc(Cl)c(Cl)c2)c2ccc(C)cc2)c(Cl)c1. The molecule has 35 heavy (non-hydrogen) atoms. The van der Waals surface area contributed by atoms with Gasteiger partial charge in [-0.1, -0.05) is 96.7 Å². The summed E-state index contributed by atoms with van der Waals surface area (Å²) >= 11 is 19.0. The first-order valence-corrected chi connectivity index (χ1v) is 12.7. The predicted octanol–water partition coefficient (Wildman–Crippen LogP) is 9.76. The van der Waals surface area contributed by atoms with Gasteiger partial charge in [0.25, 0.3) is 0 Å². The number of halogens is 3. The summed E-state index contributed by atoms with van der Waals surface area (Å²) in [4.78, 5) is 2.29. The third-order valence-electron chi connectivity index (χ3n) is 6.19. The van der Waals surface area contributed by atoms with E-state index in [1.54, 1.807) is 0 Å². The molecule has 3 rings (SSSR count). The first kappa shape index (κ1) is 27.2. The second-order valence-corrected chi connectivity index (χ2v) is 10.4. The largest absolute Gasteiger partial charge is 0.490 e. The minimum absolute atomic E-state index is 0.339. The summed E-state index contributed by atoms with van der Waals surface area (Å²) in [5.74, 6) is 0.659. The van der Waals surface area contributed by atoms with Crippen molar-refractivity contribution in [2.24, 2.45) is 0 Å². The number of anilines is 1. The number of aryl methyl sites for hydroxylation is 1. The van der Waals surface area contributed by atoms with Crippen LogP contribution in [0.15, 0.2) is 79.0 Å². The molecule has 0 aromatic heterocycles. The molecule has 0 amide bonds. The average Bonchev–Trinajstić information content (AvgIpc) is 2.81. The highest BCUT2D eigenvalue weighted by molar-refractivity contribution is 6.42. The molecule has 0 atom stereocenters. The van der Waals surface area contributed by atoms with Gasteiger partial charge in [-0.2, -0.15) is 0 Å². The van der Waals surface area contributed by atoms with Crippen molar-refractivity contribution in [1.82, 2.24) is 0 Å². The third-order valence-corrected chi connectivity index (χ3v) is 7.22. The molecule has 184 valence electrons. The summed E-state index contributed by atoms with van der Waals surface area (Å²) in [6, 6.07) is 20.1. The fraction of sp³-hybridized carbons (Fsp3) is 0.267. The highest BCUT2D eigenvalue weighted by atomic mass is 35.5. The zero-order valence-electron chi connectivity index (χ0n) is 21.0. The van der Waals surface area contributed by atoms with Gasteiger partial charge in [0.05, 0.1) is 21.6 Å². The molecule has 0 aliphatic carbocycles.